The molecule has 3 amide bonds. The first-order valence-electron chi connectivity index (χ1n) is 32.7. The summed E-state index contributed by atoms with van der Waals surface area (Å²) < 4.78 is 59.4. The van der Waals surface area contributed by atoms with Gasteiger partial charge in [-0.3, -0.25) is 34.5 Å². The number of fused-ring (bicyclic) bond motifs is 2. The summed E-state index contributed by atoms with van der Waals surface area (Å²) in [5, 5.41) is 25.1. The first-order chi connectivity index (χ1) is 47.8. The second-order valence-electron chi connectivity index (χ2n) is 26.9. The topological polar surface area (TPSA) is 372 Å². The van der Waals surface area contributed by atoms with Gasteiger partial charge in [0.2, 0.25) is 12.4 Å². The average Bonchev–Trinajstić information content (AvgIpc) is 0.740. The quantitative estimate of drug-likeness (QED) is 0.0113. The number of para-hydroxylation sites is 1. The first-order valence-corrected chi connectivity index (χ1v) is 33.5. The van der Waals surface area contributed by atoms with Gasteiger partial charge in [-0.2, -0.15) is 5.10 Å². The van der Waals surface area contributed by atoms with Crippen LogP contribution in [0.5, 0.6) is 5.75 Å². The maximum atomic E-state index is 13.8. The van der Waals surface area contributed by atoms with E-state index in [1.54, 1.807) is 31.4 Å². The minimum Gasteiger partial charge on any atom is -0.489 e. The summed E-state index contributed by atoms with van der Waals surface area (Å²) in [5.74, 6) is -4.83. The van der Waals surface area contributed by atoms with E-state index in [-0.39, 0.29) is 85.4 Å². The largest absolute Gasteiger partial charge is 0.489 e. The van der Waals surface area contributed by atoms with Crippen LogP contribution in [0.2, 0.25) is 0 Å². The minimum atomic E-state index is -1.96. The molecule has 1 saturated heterocycles. The lowest BCUT2D eigenvalue weighted by atomic mass is 9.39. The number of anilines is 3. The minimum absolute atomic E-state index is 0.0118. The molecule has 0 radical (unpaired) electrons. The van der Waals surface area contributed by atoms with Crippen molar-refractivity contribution in [2.24, 2.45) is 21.4 Å². The number of likely N-dealkylation sites (N-methyl/N-ethyl adjacent to an activating group) is 1. The van der Waals surface area contributed by atoms with E-state index in [9.17, 15) is 43.5 Å². The van der Waals surface area contributed by atoms with Crippen LogP contribution in [0.25, 0.3) is 31.8 Å². The van der Waals surface area contributed by atoms with Crippen LogP contribution in [0.4, 0.5) is 26.2 Å². The van der Waals surface area contributed by atoms with Crippen LogP contribution in [0, 0.1) is 23.2 Å². The van der Waals surface area contributed by atoms with E-state index < -0.39 is 78.3 Å². The third-order valence-electron chi connectivity index (χ3n) is 18.7. The Kier molecular flexibility index (Phi) is 21.3. The molecule has 2 unspecified atom stereocenters. The van der Waals surface area contributed by atoms with Crippen molar-refractivity contribution in [3.63, 3.8) is 0 Å². The lowest BCUT2D eigenvalue weighted by molar-refractivity contribution is -0.287. The van der Waals surface area contributed by atoms with Gasteiger partial charge in [-0.05, 0) is 133 Å². The first kappa shape index (κ1) is 71.3. The second kappa shape index (κ2) is 29.9. The Morgan fingerprint density at radius 2 is 1.56 bits per heavy atom. The summed E-state index contributed by atoms with van der Waals surface area (Å²) in [5.41, 5.74) is 13.3. The maximum Gasteiger partial charge on any atom is 0.414 e. The number of azide groups is 1. The number of ether oxygens (including phenoxy) is 10. The maximum absolute atomic E-state index is 13.8. The summed E-state index contributed by atoms with van der Waals surface area (Å²) in [6, 6.07) is 21.5. The van der Waals surface area contributed by atoms with Crippen molar-refractivity contribution in [2.75, 3.05) is 75.8 Å². The predicted octanol–water partition coefficient (Wildman–Crippen LogP) is 9.73. The molecule has 530 valence electrons. The van der Waals surface area contributed by atoms with E-state index in [1.165, 1.54) is 28.4 Å². The van der Waals surface area contributed by atoms with Gasteiger partial charge in [0.1, 0.15) is 24.8 Å². The number of aromatic carboxylic acids is 1. The standard InChI is InChI=1S/C69H79N11O19S/c1-39-47(45-17-19-53(75-54(45)60(85)86)79-22-20-44-12-11-13-46(48(44)30-79)59(84)76-63-73-50-14-9-10-15-52(50)100-63)29-72-80(39)38-68-33-66(5)32-67(6,34-68)36-69(35-66,37-68)94-25-23-78(7)65(89)93-31-43-16-18-49(51(28-43)92-27-26-91-24-21-71-77-70)74-64(88)99-62-58(97-42(4)83)56(96-41(3)82)55(95-40(2)81)57(98-62)61(87)90-8/h9-19,28-29,55-58,62H,20-27,30-38H2,1-8H3,(H,74,88)(H,85,86)(H,73,76,84)/t55-,56-,57-,58+,62-,66?,67?,68?,69?/m0/s1. The zero-order chi connectivity index (χ0) is 71.3. The smallest absolute Gasteiger partial charge is 0.414 e. The molecule has 4 aliphatic carbocycles. The summed E-state index contributed by atoms with van der Waals surface area (Å²) in [6.45, 7) is 11.5. The van der Waals surface area contributed by atoms with Crippen LogP contribution >= 0.6 is 11.3 Å². The molecule has 12 rings (SSSR count). The molecule has 3 aromatic carbocycles. The lowest BCUT2D eigenvalue weighted by Gasteiger charge is -2.69. The molecular formula is C69H79N11O19S. The zero-order valence-electron chi connectivity index (χ0n) is 56.6. The number of nitrogens with one attached hydrogen (secondary N) is 2. The Morgan fingerprint density at radius 3 is 2.28 bits per heavy atom. The van der Waals surface area contributed by atoms with Crippen LogP contribution in [0.3, 0.4) is 0 Å². The van der Waals surface area contributed by atoms with Crippen molar-refractivity contribution in [1.29, 1.82) is 0 Å². The average molecular weight is 1400 g/mol. The van der Waals surface area contributed by atoms with E-state index in [2.05, 4.69) is 39.5 Å². The van der Waals surface area contributed by atoms with Gasteiger partial charge < -0.3 is 62.3 Å². The summed E-state index contributed by atoms with van der Waals surface area (Å²) in [7, 11) is 2.62. The zero-order valence-corrected chi connectivity index (χ0v) is 57.5. The Labute approximate surface area is 578 Å². The number of hydrogen-bond donors (Lipinski definition) is 3. The van der Waals surface area contributed by atoms with Crippen molar-refractivity contribution in [3.05, 3.63) is 123 Å². The number of aromatic nitrogens is 4. The van der Waals surface area contributed by atoms with Crippen molar-refractivity contribution < 1.29 is 90.8 Å². The van der Waals surface area contributed by atoms with E-state index >= 15 is 0 Å². The third-order valence-corrected chi connectivity index (χ3v) is 19.7. The van der Waals surface area contributed by atoms with Gasteiger partial charge >= 0.3 is 42.0 Å². The number of carbonyl (C=O) groups excluding carboxylic acids is 7. The molecule has 3 N–H and O–H groups in total. The van der Waals surface area contributed by atoms with E-state index in [0.717, 1.165) is 93.4 Å². The van der Waals surface area contributed by atoms with Crippen LogP contribution in [0.15, 0.2) is 84.1 Å². The van der Waals surface area contributed by atoms with Crippen molar-refractivity contribution in [3.8, 4) is 16.9 Å². The highest BCUT2D eigenvalue weighted by Gasteiger charge is 2.66. The highest BCUT2D eigenvalue weighted by atomic mass is 32.1. The monoisotopic (exact) mass is 1400 g/mol. The molecule has 7 atom stereocenters. The molecular weight excluding hydrogens is 1320 g/mol. The highest BCUT2D eigenvalue weighted by Crippen LogP contribution is 2.72. The van der Waals surface area contributed by atoms with Gasteiger partial charge in [0, 0.05) is 87.8 Å². The summed E-state index contributed by atoms with van der Waals surface area (Å²) in [4.78, 5) is 120. The Bertz CT molecular complexity index is 4140. The fourth-order valence-electron chi connectivity index (χ4n) is 15.9. The van der Waals surface area contributed by atoms with E-state index in [4.69, 9.17) is 63.0 Å². The van der Waals surface area contributed by atoms with Gasteiger partial charge in [-0.15, -0.1) is 0 Å². The summed E-state index contributed by atoms with van der Waals surface area (Å²) >= 11 is 1.40. The number of hydrogen-bond acceptors (Lipinski definition) is 24. The van der Waals surface area contributed by atoms with Crippen LogP contribution in [-0.4, -0.2) is 174 Å². The molecule has 30 nitrogen and oxygen atoms in total. The predicted molar refractivity (Wildman–Crippen MR) is 358 cm³/mol. The molecule has 4 saturated carbocycles. The number of pyridine rings is 1. The second-order valence-corrected chi connectivity index (χ2v) is 27.9. The van der Waals surface area contributed by atoms with Gasteiger partial charge in [-0.25, -0.2) is 29.1 Å². The molecule has 5 heterocycles. The van der Waals surface area contributed by atoms with Crippen molar-refractivity contribution >= 4 is 86.1 Å². The number of benzene rings is 3. The van der Waals surface area contributed by atoms with E-state index in [0.29, 0.717) is 59.3 Å². The molecule has 5 fully saturated rings. The molecule has 2 aliphatic heterocycles. The van der Waals surface area contributed by atoms with Crippen LogP contribution in [-0.2, 0) is 87.9 Å². The molecule has 4 bridgehead atoms. The number of thiazole rings is 1. The Hall–Kier alpha value is -9.94. The number of carbonyl (C=O) groups is 8. The number of amides is 3. The fraction of sp³-hybridized carbons (Fsp3) is 0.493. The van der Waals surface area contributed by atoms with Gasteiger partial charge in [-0.1, -0.05) is 60.6 Å². The molecule has 6 aliphatic rings. The number of carboxylic acid groups (broad SMARTS) is 1. The Morgan fingerprint density at radius 1 is 0.820 bits per heavy atom. The number of methoxy groups -OCH3 is 1. The van der Waals surface area contributed by atoms with Crippen molar-refractivity contribution in [1.82, 2.24) is 24.6 Å². The van der Waals surface area contributed by atoms with Gasteiger partial charge in [0.05, 0.1) is 54.6 Å². The molecule has 0 spiro atoms. The number of esters is 4. The van der Waals surface area contributed by atoms with Gasteiger partial charge in [0.15, 0.2) is 29.1 Å². The molecule has 31 heteroatoms. The number of nitrogens with zero attached hydrogens (tertiary/aromatic N) is 9. The SMILES string of the molecule is COC(=O)[C@H]1O[C@@H](OC(=O)Nc2ccc(COC(=O)N(C)CCOC34CC5(C)CC(C)(CC(Cn6ncc(-c7ccc(N8CCc9cccc(C(=O)Nc%10nc%11ccccc%11s%10)c9C8)nc7C(=O)O)c6C)(C5)C3)C4)cc2OCCOCCN=[N+]=[N-])[C@H](OC(C)=O)[C@@H](OC(C)=O)[C@@H]1OC(C)=O. The van der Waals surface area contributed by atoms with Crippen LogP contribution < -0.4 is 20.3 Å². The number of carboxylic acids is 1. The highest BCUT2D eigenvalue weighted by molar-refractivity contribution is 7.22. The lowest BCUT2D eigenvalue weighted by Crippen LogP contribution is -2.64. The number of rotatable bonds is 26. The molecule has 6 aromatic rings. The normalized spacial score (nSPS) is 24.0. The van der Waals surface area contributed by atoms with E-state index in [1.807, 2.05) is 59.0 Å². The molecule has 3 aromatic heterocycles. The van der Waals surface area contributed by atoms with Crippen molar-refractivity contribution in [2.45, 2.75) is 142 Å². The summed E-state index contributed by atoms with van der Waals surface area (Å²) in [6.07, 6.45) is -3.14. The third kappa shape index (κ3) is 16.2. The molecule has 100 heavy (non-hydrogen) atoms. The van der Waals surface area contributed by atoms with Gasteiger partial charge in [0.25, 0.3) is 5.91 Å². The van der Waals surface area contributed by atoms with Crippen LogP contribution in [0.1, 0.15) is 116 Å². The Balaban J connectivity index is 0.725. The fourth-order valence-corrected chi connectivity index (χ4v) is 16.8.